The Kier molecular flexibility index (Phi) is 1.03. The van der Waals surface area contributed by atoms with Crippen molar-refractivity contribution in [3.05, 3.63) is 17.3 Å². The molecule has 2 heterocycles. The van der Waals surface area contributed by atoms with Gasteiger partial charge in [0, 0.05) is 18.0 Å². The van der Waals surface area contributed by atoms with Crippen molar-refractivity contribution in [2.45, 2.75) is 6.92 Å². The lowest BCUT2D eigenvalue weighted by atomic mass is 10.2. The van der Waals surface area contributed by atoms with Crippen molar-refractivity contribution in [1.29, 1.82) is 0 Å². The fraction of sp³-hybridized carbons (Fsp3) is 0.286. The lowest BCUT2D eigenvalue weighted by Gasteiger charge is -2.06. The molecule has 0 saturated carbocycles. The van der Waals surface area contributed by atoms with E-state index in [0.29, 0.717) is 6.67 Å². The van der Waals surface area contributed by atoms with Gasteiger partial charge in [0.05, 0.1) is 0 Å². The van der Waals surface area contributed by atoms with Crippen LogP contribution in [0.3, 0.4) is 0 Å². The van der Waals surface area contributed by atoms with Crippen LogP contribution in [0.2, 0.25) is 0 Å². The molecule has 3 nitrogen and oxygen atoms in total. The third kappa shape index (κ3) is 0.635. The van der Waals surface area contributed by atoms with Crippen LogP contribution in [0.1, 0.15) is 11.1 Å². The number of rotatable bonds is 0. The van der Waals surface area contributed by atoms with Crippen molar-refractivity contribution in [1.82, 2.24) is 4.98 Å². The largest absolute Gasteiger partial charge is 0.352 e. The van der Waals surface area contributed by atoms with Crippen molar-refractivity contribution >= 4 is 12.0 Å². The summed E-state index contributed by atoms with van der Waals surface area (Å²) in [4.78, 5) is 7.22. The smallest absolute Gasteiger partial charge is 0.113 e. The van der Waals surface area contributed by atoms with Gasteiger partial charge in [-0.2, -0.15) is 0 Å². The van der Waals surface area contributed by atoms with Gasteiger partial charge in [0.2, 0.25) is 0 Å². The van der Waals surface area contributed by atoms with Crippen LogP contribution >= 0.6 is 0 Å². The summed E-state index contributed by atoms with van der Waals surface area (Å²) in [6.07, 6.45) is 3.88. The van der Waals surface area contributed by atoms with E-state index < -0.39 is 0 Å². The van der Waals surface area contributed by atoms with Gasteiger partial charge in [0.25, 0.3) is 0 Å². The molecule has 10 heavy (non-hydrogen) atoms. The first kappa shape index (κ1) is 5.53. The highest BCUT2D eigenvalue weighted by atomic mass is 15.1. The first-order valence-electron chi connectivity index (χ1n) is 3.29. The van der Waals surface area contributed by atoms with Gasteiger partial charge in [-0.3, -0.25) is 4.99 Å². The zero-order chi connectivity index (χ0) is 6.97. The fourth-order valence-corrected chi connectivity index (χ4v) is 1.11. The Labute approximate surface area is 59.2 Å². The molecule has 0 aromatic carbocycles. The Morgan fingerprint density at radius 2 is 2.50 bits per heavy atom. The zero-order valence-electron chi connectivity index (χ0n) is 5.81. The number of aliphatic imine (C=N–C) groups is 1. The van der Waals surface area contributed by atoms with Crippen molar-refractivity contribution < 1.29 is 0 Å². The number of H-pyrrole nitrogens is 1. The van der Waals surface area contributed by atoms with Gasteiger partial charge in [0.15, 0.2) is 0 Å². The maximum Gasteiger partial charge on any atom is 0.113 e. The zero-order valence-corrected chi connectivity index (χ0v) is 5.81. The van der Waals surface area contributed by atoms with Crippen LogP contribution < -0.4 is 5.32 Å². The molecule has 0 bridgehead atoms. The topological polar surface area (TPSA) is 40.2 Å². The Morgan fingerprint density at radius 3 is 3.30 bits per heavy atom. The molecule has 0 unspecified atom stereocenters. The van der Waals surface area contributed by atoms with E-state index in [1.807, 2.05) is 12.4 Å². The highest BCUT2D eigenvalue weighted by molar-refractivity contribution is 5.90. The van der Waals surface area contributed by atoms with Crippen LogP contribution in [0.5, 0.6) is 0 Å². The summed E-state index contributed by atoms with van der Waals surface area (Å²) in [5.41, 5.74) is 2.43. The molecular weight excluding hydrogens is 126 g/mol. The number of hydrogen-bond acceptors (Lipinski definition) is 2. The second-order valence-electron chi connectivity index (χ2n) is 2.41. The minimum atomic E-state index is 0.687. The van der Waals surface area contributed by atoms with Crippen LogP contribution in [-0.4, -0.2) is 17.9 Å². The fourth-order valence-electron chi connectivity index (χ4n) is 1.11. The SMILES string of the molecule is Cc1c[nH]c2c1C=NCN2. The van der Waals surface area contributed by atoms with Crippen LogP contribution in [0.15, 0.2) is 11.2 Å². The average Bonchev–Trinajstić information content (AvgIpc) is 2.34. The molecule has 3 heteroatoms. The summed E-state index contributed by atoms with van der Waals surface area (Å²) >= 11 is 0. The van der Waals surface area contributed by atoms with Crippen molar-refractivity contribution in [2.24, 2.45) is 4.99 Å². The van der Waals surface area contributed by atoms with E-state index >= 15 is 0 Å². The minimum absolute atomic E-state index is 0.687. The highest BCUT2D eigenvalue weighted by Gasteiger charge is 2.07. The molecule has 0 atom stereocenters. The number of aryl methyl sites for hydroxylation is 1. The quantitative estimate of drug-likeness (QED) is 0.550. The number of hydrogen-bond donors (Lipinski definition) is 2. The molecule has 0 saturated heterocycles. The summed E-state index contributed by atoms with van der Waals surface area (Å²) in [5, 5.41) is 3.13. The molecule has 1 aromatic rings. The predicted molar refractivity (Wildman–Crippen MR) is 41.6 cm³/mol. The van der Waals surface area contributed by atoms with E-state index in [1.165, 1.54) is 11.1 Å². The summed E-state index contributed by atoms with van der Waals surface area (Å²) in [6, 6.07) is 0. The Bertz CT molecular complexity index is 272. The number of nitrogens with zero attached hydrogens (tertiary/aromatic N) is 1. The molecule has 0 fully saturated rings. The molecule has 1 aliphatic rings. The van der Waals surface area contributed by atoms with Crippen LogP contribution in [0.4, 0.5) is 5.82 Å². The van der Waals surface area contributed by atoms with Crippen LogP contribution in [0.25, 0.3) is 0 Å². The number of aromatic amines is 1. The molecule has 1 aliphatic heterocycles. The van der Waals surface area contributed by atoms with E-state index in [0.717, 1.165) is 5.82 Å². The van der Waals surface area contributed by atoms with Gasteiger partial charge in [-0.25, -0.2) is 0 Å². The molecule has 2 rings (SSSR count). The molecule has 2 N–H and O–H groups in total. The molecule has 0 radical (unpaired) electrons. The van der Waals surface area contributed by atoms with E-state index in [9.17, 15) is 0 Å². The Morgan fingerprint density at radius 1 is 1.60 bits per heavy atom. The molecule has 1 aromatic heterocycles. The van der Waals surface area contributed by atoms with Gasteiger partial charge in [-0.1, -0.05) is 0 Å². The number of aromatic nitrogens is 1. The monoisotopic (exact) mass is 135 g/mol. The molecule has 52 valence electrons. The number of anilines is 1. The van der Waals surface area contributed by atoms with Crippen molar-refractivity contribution in [2.75, 3.05) is 12.0 Å². The second kappa shape index (κ2) is 1.87. The van der Waals surface area contributed by atoms with E-state index in [1.54, 1.807) is 0 Å². The molecule has 0 amide bonds. The summed E-state index contributed by atoms with van der Waals surface area (Å²) in [5.74, 6) is 1.09. The van der Waals surface area contributed by atoms with Gasteiger partial charge >= 0.3 is 0 Å². The van der Waals surface area contributed by atoms with E-state index in [4.69, 9.17) is 0 Å². The lowest BCUT2D eigenvalue weighted by Crippen LogP contribution is -2.06. The first-order chi connectivity index (χ1) is 4.88. The third-order valence-electron chi connectivity index (χ3n) is 1.69. The standard InChI is InChI=1S/C7H9N3/c1-5-2-9-7-6(5)3-8-4-10-7/h2-3,9-10H,4H2,1H3. The molecular formula is C7H9N3. The highest BCUT2D eigenvalue weighted by Crippen LogP contribution is 2.17. The van der Waals surface area contributed by atoms with Crippen LogP contribution in [0, 0.1) is 6.92 Å². The van der Waals surface area contributed by atoms with Gasteiger partial charge in [-0.05, 0) is 12.5 Å². The van der Waals surface area contributed by atoms with Crippen LogP contribution in [-0.2, 0) is 0 Å². The number of nitrogens with one attached hydrogen (secondary N) is 2. The van der Waals surface area contributed by atoms with Crippen molar-refractivity contribution in [3.8, 4) is 0 Å². The first-order valence-corrected chi connectivity index (χ1v) is 3.29. The summed E-state index contributed by atoms with van der Waals surface area (Å²) in [7, 11) is 0. The molecule has 0 aliphatic carbocycles. The average molecular weight is 135 g/mol. The predicted octanol–water partition coefficient (Wildman–Crippen LogP) is 1.13. The van der Waals surface area contributed by atoms with Gasteiger partial charge in [-0.15, -0.1) is 0 Å². The Balaban J connectivity index is 2.57. The number of fused-ring (bicyclic) bond motifs is 1. The lowest BCUT2D eigenvalue weighted by molar-refractivity contribution is 1.11. The maximum atomic E-state index is 4.10. The van der Waals surface area contributed by atoms with Gasteiger partial charge < -0.3 is 10.3 Å². The third-order valence-corrected chi connectivity index (χ3v) is 1.69. The summed E-state index contributed by atoms with van der Waals surface area (Å²) in [6.45, 7) is 2.75. The molecule has 0 spiro atoms. The van der Waals surface area contributed by atoms with Gasteiger partial charge in [0.1, 0.15) is 12.5 Å². The Hall–Kier alpha value is -1.25. The van der Waals surface area contributed by atoms with Crippen molar-refractivity contribution in [3.63, 3.8) is 0 Å². The maximum absolute atomic E-state index is 4.10. The van der Waals surface area contributed by atoms with E-state index in [-0.39, 0.29) is 0 Å². The van der Waals surface area contributed by atoms with E-state index in [2.05, 4.69) is 22.2 Å². The second-order valence-corrected chi connectivity index (χ2v) is 2.41. The summed E-state index contributed by atoms with van der Waals surface area (Å²) < 4.78 is 0. The normalized spacial score (nSPS) is 14.5. The minimum Gasteiger partial charge on any atom is -0.352 e.